The summed E-state index contributed by atoms with van der Waals surface area (Å²) in [6.45, 7) is 7.24. The summed E-state index contributed by atoms with van der Waals surface area (Å²) < 4.78 is 14.1. The van der Waals surface area contributed by atoms with E-state index in [0.717, 1.165) is 67.0 Å². The summed E-state index contributed by atoms with van der Waals surface area (Å²) in [5.41, 5.74) is 4.86. The Hall–Kier alpha value is -2.85. The molecular formula is C26H39B5N6O3. The van der Waals surface area contributed by atoms with Crippen LogP contribution in [-0.2, 0) is 15.1 Å². The van der Waals surface area contributed by atoms with E-state index < -0.39 is 5.40 Å². The topological polar surface area (TPSA) is 84.2 Å². The highest BCUT2D eigenvalue weighted by Crippen LogP contribution is 2.34. The van der Waals surface area contributed by atoms with Crippen molar-refractivity contribution in [2.45, 2.75) is 35.9 Å². The maximum absolute atomic E-state index is 12.9. The van der Waals surface area contributed by atoms with E-state index in [1.54, 1.807) is 0 Å². The molecule has 0 aromatic carbocycles. The van der Waals surface area contributed by atoms with Gasteiger partial charge in [0.2, 0.25) is 0 Å². The highest BCUT2D eigenvalue weighted by molar-refractivity contribution is 6.67. The number of amides is 1. The van der Waals surface area contributed by atoms with Crippen molar-refractivity contribution >= 4 is 56.5 Å². The lowest BCUT2D eigenvalue weighted by atomic mass is 9.28. The summed E-state index contributed by atoms with van der Waals surface area (Å²) >= 11 is 0. The summed E-state index contributed by atoms with van der Waals surface area (Å²) in [5, 5.41) is 7.35. The Kier molecular flexibility index (Phi) is 8.03. The van der Waals surface area contributed by atoms with Crippen LogP contribution in [0.4, 0.5) is 10.5 Å². The Labute approximate surface area is 241 Å². The number of carbonyl (C=O) groups excluding carboxylic acids is 1. The second-order valence-corrected chi connectivity index (χ2v) is 12.5. The Morgan fingerprint density at radius 3 is 2.52 bits per heavy atom. The van der Waals surface area contributed by atoms with Gasteiger partial charge in [-0.15, -0.1) is 0 Å². The van der Waals surface area contributed by atoms with Crippen molar-refractivity contribution in [1.82, 2.24) is 24.8 Å². The van der Waals surface area contributed by atoms with E-state index in [1.807, 2.05) is 49.8 Å². The molecule has 206 valence electrons. The van der Waals surface area contributed by atoms with Crippen molar-refractivity contribution in [2.75, 3.05) is 50.8 Å². The number of fused-ring (bicyclic) bond motifs is 1. The van der Waals surface area contributed by atoms with Crippen molar-refractivity contribution in [1.29, 1.82) is 0 Å². The minimum Gasteiger partial charge on any atom is -0.463 e. The predicted molar refractivity (Wildman–Crippen MR) is 172 cm³/mol. The number of pyridine rings is 1. The van der Waals surface area contributed by atoms with Crippen LogP contribution >= 0.6 is 0 Å². The number of hydrogen-bond donors (Lipinski definition) is 1. The summed E-state index contributed by atoms with van der Waals surface area (Å²) in [6, 6.07) is 8.44. The van der Waals surface area contributed by atoms with Gasteiger partial charge >= 0.3 is 6.09 Å². The first kappa shape index (κ1) is 28.7. The second-order valence-electron chi connectivity index (χ2n) is 12.5. The zero-order valence-corrected chi connectivity index (χ0v) is 24.9. The molecule has 2 aliphatic rings. The lowest BCUT2D eigenvalue weighted by molar-refractivity contribution is -0.0603. The number of carbonyl (C=O) groups is 1. The minimum absolute atomic E-state index is 0.146. The van der Waals surface area contributed by atoms with Crippen molar-refractivity contribution < 1.29 is 14.3 Å². The number of nitrogens with zero attached hydrogens (tertiary/aromatic N) is 5. The Balaban J connectivity index is 1.30. The van der Waals surface area contributed by atoms with Gasteiger partial charge in [0.05, 0.1) is 40.4 Å². The number of aromatic nitrogens is 3. The molecule has 9 nitrogen and oxygen atoms in total. The number of piperazine rings is 1. The standard InChI is InChI=1S/C26H39B5N6O3/c1-2-39-24(7-3-8-32-17-24)19-4-5-20(33-15-19)18-14-22-21(6-9-34-37(22)16-18)35-10-12-36(13-11-35)23(38)40-26(30,31)25(27,28)29/h4-6,9,14-16,32H,2-3,7-8,10-13,17,27-31H2,1H3/t24-/m1/s1. The van der Waals surface area contributed by atoms with Crippen molar-refractivity contribution in [3.63, 3.8) is 0 Å². The maximum Gasteiger partial charge on any atom is 0.408 e. The molecule has 2 aliphatic heterocycles. The molecule has 2 fully saturated rings. The molecule has 0 radical (unpaired) electrons. The van der Waals surface area contributed by atoms with Crippen molar-refractivity contribution in [2.24, 2.45) is 0 Å². The van der Waals surface area contributed by atoms with Crippen molar-refractivity contribution in [3.05, 3.63) is 48.4 Å². The predicted octanol–water partition coefficient (Wildman–Crippen LogP) is -1.84. The van der Waals surface area contributed by atoms with Gasteiger partial charge in [-0.1, -0.05) is 11.2 Å². The number of rotatable bonds is 7. The average molecular weight is 538 g/mol. The van der Waals surface area contributed by atoms with Gasteiger partial charge in [0.25, 0.3) is 0 Å². The number of hydrogen-bond acceptors (Lipinski definition) is 7. The SMILES string of the molecule is BC(B)(B)C(B)(B)OC(=O)N1CCN(c2ccnn3cc(-c4ccc([C@@]5(OCC)CCCNC5)cn4)cc23)CC1. The smallest absolute Gasteiger partial charge is 0.408 e. The van der Waals surface area contributed by atoms with Crippen LogP contribution in [0.1, 0.15) is 25.3 Å². The largest absolute Gasteiger partial charge is 0.463 e. The fraction of sp³-hybridized carbons (Fsp3) is 0.500. The highest BCUT2D eigenvalue weighted by Gasteiger charge is 2.38. The van der Waals surface area contributed by atoms with E-state index in [4.69, 9.17) is 14.5 Å². The molecule has 3 aromatic rings. The molecule has 0 bridgehead atoms. The van der Waals surface area contributed by atoms with Gasteiger partial charge in [0.1, 0.15) is 21.3 Å². The monoisotopic (exact) mass is 538 g/mol. The van der Waals surface area contributed by atoms with Gasteiger partial charge in [-0.05, 0) is 44.5 Å². The number of ether oxygens (including phenoxy) is 2. The molecule has 5 heterocycles. The van der Waals surface area contributed by atoms with Crippen LogP contribution in [0.5, 0.6) is 0 Å². The molecule has 3 aromatic heterocycles. The quantitative estimate of drug-likeness (QED) is 0.355. The third-order valence-electron chi connectivity index (χ3n) is 8.86. The van der Waals surface area contributed by atoms with Crippen LogP contribution < -0.4 is 10.2 Å². The molecule has 0 aliphatic carbocycles. The number of anilines is 1. The van der Waals surface area contributed by atoms with E-state index in [-0.39, 0.29) is 16.8 Å². The average Bonchev–Trinajstić information content (AvgIpc) is 3.38. The maximum atomic E-state index is 12.9. The molecular weight excluding hydrogens is 498 g/mol. The van der Waals surface area contributed by atoms with Crippen molar-refractivity contribution in [3.8, 4) is 11.3 Å². The molecule has 1 amide bonds. The van der Waals surface area contributed by atoms with E-state index in [9.17, 15) is 4.79 Å². The molecule has 0 saturated carbocycles. The number of piperidine rings is 1. The second kappa shape index (κ2) is 11.2. The molecule has 40 heavy (non-hydrogen) atoms. The van der Waals surface area contributed by atoms with E-state index in [1.165, 1.54) is 0 Å². The van der Waals surface area contributed by atoms with Crippen LogP contribution in [0.25, 0.3) is 16.8 Å². The van der Waals surface area contributed by atoms with Crippen LogP contribution in [-0.4, -0.2) is 116 Å². The molecule has 2 saturated heterocycles. The molecule has 14 heteroatoms. The summed E-state index contributed by atoms with van der Waals surface area (Å²) in [6.07, 6.45) is 7.67. The zero-order chi connectivity index (χ0) is 28.5. The van der Waals surface area contributed by atoms with Gasteiger partial charge in [-0.2, -0.15) is 5.10 Å². The van der Waals surface area contributed by atoms with Gasteiger partial charge in [-0.3, -0.25) is 4.98 Å². The van der Waals surface area contributed by atoms with Crippen LogP contribution in [0, 0.1) is 0 Å². The normalized spacial score (nSPS) is 20.5. The molecule has 0 unspecified atom stereocenters. The van der Waals surface area contributed by atoms with Gasteiger partial charge in [-0.25, -0.2) is 9.31 Å². The van der Waals surface area contributed by atoms with Gasteiger partial charge < -0.3 is 24.6 Å². The summed E-state index contributed by atoms with van der Waals surface area (Å²) in [4.78, 5) is 21.9. The van der Waals surface area contributed by atoms with Crippen LogP contribution in [0.3, 0.4) is 0 Å². The van der Waals surface area contributed by atoms with E-state index >= 15 is 0 Å². The third-order valence-corrected chi connectivity index (χ3v) is 8.86. The van der Waals surface area contributed by atoms with Crippen LogP contribution in [0.15, 0.2) is 42.9 Å². The first-order chi connectivity index (χ1) is 19.0. The fourth-order valence-electron chi connectivity index (χ4n) is 5.41. The lowest BCUT2D eigenvalue weighted by Crippen LogP contribution is -2.55. The zero-order valence-electron chi connectivity index (χ0n) is 24.9. The Morgan fingerprint density at radius 2 is 1.90 bits per heavy atom. The number of nitrogens with one attached hydrogen (secondary N) is 1. The minimum atomic E-state index is -0.552. The third kappa shape index (κ3) is 5.66. The first-order valence-corrected chi connectivity index (χ1v) is 14.5. The van der Waals surface area contributed by atoms with Gasteiger partial charge in [0, 0.05) is 74.4 Å². The fourth-order valence-corrected chi connectivity index (χ4v) is 5.41. The van der Waals surface area contributed by atoms with Crippen LogP contribution in [0.2, 0.25) is 5.11 Å². The first-order valence-electron chi connectivity index (χ1n) is 14.5. The van der Waals surface area contributed by atoms with E-state index in [0.29, 0.717) is 19.7 Å². The Morgan fingerprint density at radius 1 is 1.12 bits per heavy atom. The lowest BCUT2D eigenvalue weighted by Gasteiger charge is -2.42. The highest BCUT2D eigenvalue weighted by atomic mass is 16.6. The molecule has 5 rings (SSSR count). The Bertz CT molecular complexity index is 1330. The van der Waals surface area contributed by atoms with Gasteiger partial charge in [0.15, 0.2) is 0 Å². The molecule has 1 N–H and O–H groups in total. The van der Waals surface area contributed by atoms with E-state index in [2.05, 4.69) is 64.0 Å². The molecule has 1 atom stereocenters. The summed E-state index contributed by atoms with van der Waals surface area (Å²) in [7, 11) is 10.2. The molecule has 0 spiro atoms. The summed E-state index contributed by atoms with van der Waals surface area (Å²) in [5.74, 6) is 0.